The minimum Gasteiger partial charge on any atom is -0.347 e. The summed E-state index contributed by atoms with van der Waals surface area (Å²) >= 11 is 0. The summed E-state index contributed by atoms with van der Waals surface area (Å²) in [7, 11) is 0. The van der Waals surface area contributed by atoms with Crippen molar-refractivity contribution in [2.75, 3.05) is 5.32 Å². The number of hydrogen-bond acceptors (Lipinski definition) is 2. The number of nitrogens with zero attached hydrogens (tertiary/aromatic N) is 1. The van der Waals surface area contributed by atoms with Gasteiger partial charge in [0, 0.05) is 6.20 Å². The van der Waals surface area contributed by atoms with Crippen LogP contribution in [-0.4, -0.2) is 4.98 Å². The van der Waals surface area contributed by atoms with E-state index in [4.69, 9.17) is 0 Å². The van der Waals surface area contributed by atoms with E-state index in [1.165, 1.54) is 12.3 Å². The van der Waals surface area contributed by atoms with Crippen LogP contribution in [0.25, 0.3) is 0 Å². The van der Waals surface area contributed by atoms with E-state index in [0.717, 1.165) is 12.3 Å². The maximum absolute atomic E-state index is 12.0. The second kappa shape index (κ2) is 3.47. The van der Waals surface area contributed by atoms with E-state index in [1.807, 2.05) is 0 Å². The monoisotopic (exact) mass is 188 g/mol. The molecule has 5 heteroatoms. The minimum absolute atomic E-state index is 0.336. The zero-order valence-corrected chi connectivity index (χ0v) is 6.60. The number of alkyl halides is 3. The van der Waals surface area contributed by atoms with Crippen LogP contribution < -0.4 is 5.32 Å². The molecule has 0 atom stereocenters. The Kier molecular flexibility index (Phi) is 2.55. The van der Waals surface area contributed by atoms with Crippen LogP contribution in [0.15, 0.2) is 31.1 Å². The van der Waals surface area contributed by atoms with Crippen molar-refractivity contribution in [3.05, 3.63) is 36.7 Å². The molecule has 0 radical (unpaired) electrons. The summed E-state index contributed by atoms with van der Waals surface area (Å²) in [6.45, 7) is 3.35. The summed E-state index contributed by atoms with van der Waals surface area (Å²) in [5, 5.41) is 2.57. The zero-order chi connectivity index (χ0) is 9.90. The van der Waals surface area contributed by atoms with Gasteiger partial charge in [-0.05, 0) is 18.3 Å². The molecular weight excluding hydrogens is 181 g/mol. The molecular formula is C8H7F3N2. The molecule has 0 unspecified atom stereocenters. The van der Waals surface area contributed by atoms with Crippen molar-refractivity contribution in [3.8, 4) is 0 Å². The van der Waals surface area contributed by atoms with E-state index < -0.39 is 11.7 Å². The van der Waals surface area contributed by atoms with E-state index in [-0.39, 0.29) is 0 Å². The van der Waals surface area contributed by atoms with Crippen LogP contribution in [-0.2, 0) is 6.18 Å². The largest absolute Gasteiger partial charge is 0.417 e. The minimum atomic E-state index is -4.33. The average molecular weight is 188 g/mol. The Bertz CT molecular complexity index is 289. The highest BCUT2D eigenvalue weighted by Gasteiger charge is 2.30. The van der Waals surface area contributed by atoms with Crippen LogP contribution in [0.4, 0.5) is 19.0 Å². The molecule has 0 fully saturated rings. The number of rotatable bonds is 2. The summed E-state index contributed by atoms with van der Waals surface area (Å²) in [6, 6.07) is 2.20. The SMILES string of the molecule is C=CNc1ccc(C(F)(F)F)cn1. The van der Waals surface area contributed by atoms with Crippen LogP contribution in [0.3, 0.4) is 0 Å². The number of nitrogens with one attached hydrogen (secondary N) is 1. The molecule has 0 saturated heterocycles. The molecule has 0 amide bonds. The fourth-order valence-corrected chi connectivity index (χ4v) is 0.751. The third kappa shape index (κ3) is 2.47. The van der Waals surface area contributed by atoms with Gasteiger partial charge in [-0.1, -0.05) is 6.58 Å². The fraction of sp³-hybridized carbons (Fsp3) is 0.125. The third-order valence-corrected chi connectivity index (χ3v) is 1.34. The molecule has 0 spiro atoms. The molecule has 0 aliphatic rings. The summed E-state index contributed by atoms with van der Waals surface area (Å²) in [5.41, 5.74) is -0.762. The lowest BCUT2D eigenvalue weighted by atomic mass is 10.3. The second-order valence-electron chi connectivity index (χ2n) is 2.28. The standard InChI is InChI=1S/C8H7F3N2/c1-2-12-7-4-3-6(5-13-7)8(9,10)11/h2-5H,1H2,(H,12,13). The van der Waals surface area contributed by atoms with Gasteiger partial charge in [0.25, 0.3) is 0 Å². The fourth-order valence-electron chi connectivity index (χ4n) is 0.751. The Morgan fingerprint density at radius 3 is 2.46 bits per heavy atom. The van der Waals surface area contributed by atoms with E-state index in [2.05, 4.69) is 16.9 Å². The predicted octanol–water partition coefficient (Wildman–Crippen LogP) is 2.66. The van der Waals surface area contributed by atoms with Gasteiger partial charge in [-0.2, -0.15) is 13.2 Å². The first-order valence-electron chi connectivity index (χ1n) is 3.45. The number of anilines is 1. The van der Waals surface area contributed by atoms with Gasteiger partial charge in [-0.15, -0.1) is 0 Å². The Balaban J connectivity index is 2.87. The lowest BCUT2D eigenvalue weighted by Crippen LogP contribution is -2.05. The van der Waals surface area contributed by atoms with Gasteiger partial charge in [-0.25, -0.2) is 4.98 Å². The van der Waals surface area contributed by atoms with Crippen molar-refractivity contribution in [3.63, 3.8) is 0 Å². The van der Waals surface area contributed by atoms with Gasteiger partial charge in [0.15, 0.2) is 0 Å². The Morgan fingerprint density at radius 2 is 2.08 bits per heavy atom. The molecule has 2 nitrogen and oxygen atoms in total. The Morgan fingerprint density at radius 1 is 1.38 bits per heavy atom. The van der Waals surface area contributed by atoms with E-state index >= 15 is 0 Å². The summed E-state index contributed by atoms with van der Waals surface area (Å²) < 4.78 is 36.1. The Hall–Kier alpha value is -1.52. The van der Waals surface area contributed by atoms with Crippen LogP contribution in [0.5, 0.6) is 0 Å². The number of pyridine rings is 1. The highest BCUT2D eigenvalue weighted by molar-refractivity contribution is 5.38. The third-order valence-electron chi connectivity index (χ3n) is 1.34. The quantitative estimate of drug-likeness (QED) is 0.771. The first-order chi connectivity index (χ1) is 6.04. The molecule has 1 N–H and O–H groups in total. The van der Waals surface area contributed by atoms with Crippen molar-refractivity contribution in [2.45, 2.75) is 6.18 Å². The van der Waals surface area contributed by atoms with E-state index in [0.29, 0.717) is 5.82 Å². The topological polar surface area (TPSA) is 24.9 Å². The van der Waals surface area contributed by atoms with Crippen molar-refractivity contribution in [1.82, 2.24) is 4.98 Å². The molecule has 1 rings (SSSR count). The van der Waals surface area contributed by atoms with Gasteiger partial charge in [0.1, 0.15) is 5.82 Å². The van der Waals surface area contributed by atoms with Gasteiger partial charge < -0.3 is 5.32 Å². The molecule has 1 aromatic rings. The average Bonchev–Trinajstić information content (AvgIpc) is 2.04. The molecule has 1 heterocycles. The zero-order valence-electron chi connectivity index (χ0n) is 6.60. The van der Waals surface area contributed by atoms with Crippen LogP contribution >= 0.6 is 0 Å². The highest BCUT2D eigenvalue weighted by Crippen LogP contribution is 2.28. The van der Waals surface area contributed by atoms with Crippen LogP contribution in [0.1, 0.15) is 5.56 Å². The highest BCUT2D eigenvalue weighted by atomic mass is 19.4. The van der Waals surface area contributed by atoms with Crippen molar-refractivity contribution in [2.24, 2.45) is 0 Å². The number of halogens is 3. The second-order valence-corrected chi connectivity index (χ2v) is 2.28. The first-order valence-corrected chi connectivity index (χ1v) is 3.45. The smallest absolute Gasteiger partial charge is 0.347 e. The first kappa shape index (κ1) is 9.57. The molecule has 0 bridgehead atoms. The molecule has 0 aliphatic carbocycles. The van der Waals surface area contributed by atoms with Crippen LogP contribution in [0.2, 0.25) is 0 Å². The van der Waals surface area contributed by atoms with E-state index in [1.54, 1.807) is 0 Å². The lowest BCUT2D eigenvalue weighted by molar-refractivity contribution is -0.137. The van der Waals surface area contributed by atoms with Gasteiger partial charge in [0.05, 0.1) is 5.56 Å². The van der Waals surface area contributed by atoms with Crippen molar-refractivity contribution >= 4 is 5.82 Å². The molecule has 0 saturated carbocycles. The lowest BCUT2D eigenvalue weighted by Gasteiger charge is -2.06. The molecule has 70 valence electrons. The van der Waals surface area contributed by atoms with Crippen LogP contribution in [0, 0.1) is 0 Å². The van der Waals surface area contributed by atoms with Crippen molar-refractivity contribution in [1.29, 1.82) is 0 Å². The Labute approximate surface area is 73.1 Å². The maximum atomic E-state index is 12.0. The van der Waals surface area contributed by atoms with Gasteiger partial charge in [0.2, 0.25) is 0 Å². The molecule has 0 aromatic carbocycles. The summed E-state index contributed by atoms with van der Waals surface area (Å²) in [6.07, 6.45) is -2.22. The predicted molar refractivity (Wildman–Crippen MR) is 43.1 cm³/mol. The van der Waals surface area contributed by atoms with Gasteiger partial charge in [-0.3, -0.25) is 0 Å². The molecule has 1 aromatic heterocycles. The van der Waals surface area contributed by atoms with Crippen molar-refractivity contribution < 1.29 is 13.2 Å². The van der Waals surface area contributed by atoms with Gasteiger partial charge >= 0.3 is 6.18 Å². The summed E-state index contributed by atoms with van der Waals surface area (Å²) in [4.78, 5) is 3.53. The number of aromatic nitrogens is 1. The van der Waals surface area contributed by atoms with E-state index in [9.17, 15) is 13.2 Å². The molecule has 0 aliphatic heterocycles. The normalized spacial score (nSPS) is 11.0. The summed E-state index contributed by atoms with van der Waals surface area (Å²) in [5.74, 6) is 0.336. The molecule has 13 heavy (non-hydrogen) atoms. The maximum Gasteiger partial charge on any atom is 0.417 e. The number of hydrogen-bond donors (Lipinski definition) is 1.